The van der Waals surface area contributed by atoms with Crippen LogP contribution in [-0.2, 0) is 6.54 Å². The van der Waals surface area contributed by atoms with Crippen molar-refractivity contribution in [2.75, 3.05) is 12.4 Å². The third-order valence-corrected chi connectivity index (χ3v) is 3.93. The molecular weight excluding hydrogens is 282 g/mol. The first kappa shape index (κ1) is 15.9. The van der Waals surface area contributed by atoms with Gasteiger partial charge in [0.05, 0.1) is 6.33 Å². The smallest absolute Gasteiger partial charge is 0.200 e. The van der Waals surface area contributed by atoms with E-state index in [1.807, 2.05) is 13.4 Å². The van der Waals surface area contributed by atoms with Crippen LogP contribution in [0.2, 0.25) is 0 Å². The Bertz CT molecular complexity index is 616. The van der Waals surface area contributed by atoms with Gasteiger partial charge in [0.25, 0.3) is 0 Å². The number of unbranched alkanes of at least 4 members (excludes halogenated alkanes) is 6. The summed E-state index contributed by atoms with van der Waals surface area (Å²) in [6.45, 7) is 3.23. The molecule has 2 heterocycles. The topological polar surface area (TPSA) is 58.5 Å². The number of hydrogen-bond acceptors (Lipinski definition) is 4. The van der Waals surface area contributed by atoms with Gasteiger partial charge in [-0.25, -0.2) is 9.97 Å². The van der Waals surface area contributed by atoms with Crippen molar-refractivity contribution < 1.29 is 0 Å². The summed E-state index contributed by atoms with van der Waals surface area (Å²) in [7, 11) is 1.86. The van der Waals surface area contributed by atoms with Crippen LogP contribution in [0.3, 0.4) is 0 Å². The summed E-state index contributed by atoms with van der Waals surface area (Å²) in [5, 5.41) is 3.10. The number of aryl methyl sites for hydroxylation is 1. The maximum atomic E-state index is 5.10. The van der Waals surface area contributed by atoms with E-state index in [9.17, 15) is 0 Å². The molecule has 0 aliphatic heterocycles. The lowest BCUT2D eigenvalue weighted by Crippen LogP contribution is -2.02. The Hall–Kier alpha value is -1.43. The molecule has 0 amide bonds. The van der Waals surface area contributed by atoms with Gasteiger partial charge in [0.15, 0.2) is 11.5 Å². The minimum absolute atomic E-state index is 0.466. The molecule has 2 aromatic heterocycles. The van der Waals surface area contributed by atoms with Crippen molar-refractivity contribution in [3.63, 3.8) is 0 Å². The van der Waals surface area contributed by atoms with E-state index in [4.69, 9.17) is 12.2 Å². The highest BCUT2D eigenvalue weighted by Crippen LogP contribution is 2.19. The fraction of sp³-hybridized carbons (Fsp3) is 0.667. The highest BCUT2D eigenvalue weighted by molar-refractivity contribution is 7.71. The fourth-order valence-electron chi connectivity index (χ4n) is 2.59. The molecule has 2 rings (SSSR count). The number of anilines is 1. The van der Waals surface area contributed by atoms with Crippen LogP contribution in [0.4, 0.5) is 5.82 Å². The monoisotopic (exact) mass is 307 g/mol. The summed E-state index contributed by atoms with van der Waals surface area (Å²) in [5.41, 5.74) is 1.82. The summed E-state index contributed by atoms with van der Waals surface area (Å²) in [4.78, 5) is 11.7. The van der Waals surface area contributed by atoms with E-state index in [2.05, 4.69) is 31.8 Å². The van der Waals surface area contributed by atoms with E-state index in [0.29, 0.717) is 4.77 Å². The first-order chi connectivity index (χ1) is 10.3. The van der Waals surface area contributed by atoms with Gasteiger partial charge < -0.3 is 14.9 Å². The number of imidazole rings is 1. The Labute approximate surface area is 131 Å². The Morgan fingerprint density at radius 3 is 2.62 bits per heavy atom. The number of nitrogens with zero attached hydrogens (tertiary/aromatic N) is 3. The van der Waals surface area contributed by atoms with Crippen molar-refractivity contribution in [2.24, 2.45) is 0 Å². The molecule has 0 spiro atoms. The molecule has 0 bridgehead atoms. The third-order valence-electron chi connectivity index (χ3n) is 3.74. The SMILES string of the molecule is CCCCCCCCCn1cnc2[nH]c(=S)nc(NC)c21. The fourth-order valence-corrected chi connectivity index (χ4v) is 2.78. The van der Waals surface area contributed by atoms with E-state index in [1.54, 1.807) is 0 Å². The van der Waals surface area contributed by atoms with E-state index >= 15 is 0 Å². The number of rotatable bonds is 9. The first-order valence-corrected chi connectivity index (χ1v) is 8.30. The van der Waals surface area contributed by atoms with Gasteiger partial charge in [-0.1, -0.05) is 45.4 Å². The lowest BCUT2D eigenvalue weighted by molar-refractivity contribution is 0.555. The summed E-state index contributed by atoms with van der Waals surface area (Å²) in [6.07, 6.45) is 11.0. The molecule has 6 heteroatoms. The largest absolute Gasteiger partial charge is 0.371 e. The van der Waals surface area contributed by atoms with E-state index in [1.165, 1.54) is 44.9 Å². The average molecular weight is 307 g/mol. The van der Waals surface area contributed by atoms with Crippen molar-refractivity contribution in [3.8, 4) is 0 Å². The van der Waals surface area contributed by atoms with Gasteiger partial charge in [-0.05, 0) is 18.6 Å². The second-order valence-corrected chi connectivity index (χ2v) is 5.78. The number of fused-ring (bicyclic) bond motifs is 1. The minimum Gasteiger partial charge on any atom is -0.371 e. The van der Waals surface area contributed by atoms with Crippen LogP contribution in [0.25, 0.3) is 11.2 Å². The standard InChI is InChI=1S/C15H25N5S/c1-3-4-5-6-7-8-9-10-20-11-17-14-12(20)13(16-2)18-15(21)19-14/h11H,3-10H2,1-2H3,(H2,16,18,19,21). The van der Waals surface area contributed by atoms with Crippen LogP contribution < -0.4 is 5.32 Å². The second kappa shape index (κ2) is 8.12. The molecule has 0 fully saturated rings. The van der Waals surface area contributed by atoms with Crippen molar-refractivity contribution in [1.29, 1.82) is 0 Å². The summed E-state index contributed by atoms with van der Waals surface area (Å²) in [5.74, 6) is 0.800. The normalized spacial score (nSPS) is 11.1. The van der Waals surface area contributed by atoms with E-state index in [-0.39, 0.29) is 0 Å². The summed E-state index contributed by atoms with van der Waals surface area (Å²) in [6, 6.07) is 0. The number of nitrogens with one attached hydrogen (secondary N) is 2. The second-order valence-electron chi connectivity index (χ2n) is 5.40. The molecule has 0 aliphatic carbocycles. The molecule has 0 saturated heterocycles. The van der Waals surface area contributed by atoms with Crippen LogP contribution in [0.5, 0.6) is 0 Å². The molecular formula is C15H25N5S. The number of hydrogen-bond donors (Lipinski definition) is 2. The van der Waals surface area contributed by atoms with Crippen molar-refractivity contribution in [1.82, 2.24) is 19.5 Å². The summed E-state index contributed by atoms with van der Waals surface area (Å²) >= 11 is 5.10. The highest BCUT2D eigenvalue weighted by Gasteiger charge is 2.09. The van der Waals surface area contributed by atoms with Gasteiger partial charge in [-0.15, -0.1) is 0 Å². The Morgan fingerprint density at radius 2 is 1.90 bits per heavy atom. The quantitative estimate of drug-likeness (QED) is 0.536. The average Bonchev–Trinajstić information content (AvgIpc) is 2.88. The lowest BCUT2D eigenvalue weighted by Gasteiger charge is -2.07. The molecule has 116 valence electrons. The van der Waals surface area contributed by atoms with Gasteiger partial charge in [0, 0.05) is 13.6 Å². The van der Waals surface area contributed by atoms with Crippen molar-refractivity contribution in [2.45, 2.75) is 58.4 Å². The Kier molecular flexibility index (Phi) is 6.17. The van der Waals surface area contributed by atoms with Gasteiger partial charge in [-0.3, -0.25) is 0 Å². The first-order valence-electron chi connectivity index (χ1n) is 7.89. The van der Waals surface area contributed by atoms with Crippen LogP contribution in [0.1, 0.15) is 51.9 Å². The molecule has 0 aliphatic rings. The molecule has 5 nitrogen and oxygen atoms in total. The molecule has 2 aromatic rings. The zero-order valence-corrected chi connectivity index (χ0v) is 13.8. The molecule has 0 radical (unpaired) electrons. The zero-order valence-electron chi connectivity index (χ0n) is 13.0. The van der Waals surface area contributed by atoms with Crippen LogP contribution in [-0.4, -0.2) is 26.6 Å². The predicted molar refractivity (Wildman–Crippen MR) is 90.3 cm³/mol. The van der Waals surface area contributed by atoms with Crippen molar-refractivity contribution >= 4 is 29.2 Å². The Balaban J connectivity index is 1.92. The van der Waals surface area contributed by atoms with Gasteiger partial charge >= 0.3 is 0 Å². The van der Waals surface area contributed by atoms with Crippen LogP contribution in [0.15, 0.2) is 6.33 Å². The van der Waals surface area contributed by atoms with Gasteiger partial charge in [0.1, 0.15) is 5.52 Å². The third kappa shape index (κ3) is 4.27. The summed E-state index contributed by atoms with van der Waals surface area (Å²) < 4.78 is 2.62. The molecule has 21 heavy (non-hydrogen) atoms. The maximum absolute atomic E-state index is 5.10. The van der Waals surface area contributed by atoms with Crippen LogP contribution >= 0.6 is 12.2 Å². The maximum Gasteiger partial charge on any atom is 0.200 e. The molecule has 0 unspecified atom stereocenters. The number of H-pyrrole nitrogens is 1. The molecule has 0 atom stereocenters. The van der Waals surface area contributed by atoms with Crippen molar-refractivity contribution in [3.05, 3.63) is 11.1 Å². The van der Waals surface area contributed by atoms with E-state index < -0.39 is 0 Å². The zero-order chi connectivity index (χ0) is 15.1. The van der Waals surface area contributed by atoms with Crippen LogP contribution in [0, 0.1) is 4.77 Å². The van der Waals surface area contributed by atoms with E-state index in [0.717, 1.165) is 23.5 Å². The molecule has 0 saturated carbocycles. The highest BCUT2D eigenvalue weighted by atomic mass is 32.1. The molecule has 2 N–H and O–H groups in total. The number of aromatic nitrogens is 4. The number of aromatic amines is 1. The lowest BCUT2D eigenvalue weighted by atomic mass is 10.1. The van der Waals surface area contributed by atoms with Gasteiger partial charge in [-0.2, -0.15) is 0 Å². The minimum atomic E-state index is 0.466. The predicted octanol–water partition coefficient (Wildman–Crippen LogP) is 4.28. The van der Waals surface area contributed by atoms with Gasteiger partial charge in [0.2, 0.25) is 4.77 Å². The Morgan fingerprint density at radius 1 is 1.19 bits per heavy atom. The molecule has 0 aromatic carbocycles.